The number of aromatic carboxylic acids is 2. The summed E-state index contributed by atoms with van der Waals surface area (Å²) in [6, 6.07) is 14.6. The normalized spacial score (nSPS) is 34.9. The first-order valence-electron chi connectivity index (χ1n) is 18.0. The van der Waals surface area contributed by atoms with Crippen molar-refractivity contribution in [2.24, 2.45) is 46.3 Å². The lowest BCUT2D eigenvalue weighted by Gasteiger charge is -2.59. The highest BCUT2D eigenvalue weighted by Crippen LogP contribution is 2.73. The van der Waals surface area contributed by atoms with Gasteiger partial charge in [0.1, 0.15) is 0 Å². The van der Waals surface area contributed by atoms with E-state index in [1.54, 1.807) is 24.3 Å². The van der Waals surface area contributed by atoms with Crippen molar-refractivity contribution in [3.63, 3.8) is 0 Å². The van der Waals surface area contributed by atoms with Crippen LogP contribution >= 0.6 is 0 Å². The van der Waals surface area contributed by atoms with Crippen LogP contribution in [0.2, 0.25) is 0 Å². The van der Waals surface area contributed by atoms with Gasteiger partial charge in [-0.3, -0.25) is 0 Å². The summed E-state index contributed by atoms with van der Waals surface area (Å²) in [5, 5.41) is 44.0. The van der Waals surface area contributed by atoms with Gasteiger partial charge in [0.05, 0.1) is 23.3 Å². The molecule has 6 nitrogen and oxygen atoms in total. The fourth-order valence-corrected chi connectivity index (χ4v) is 11.8. The van der Waals surface area contributed by atoms with Crippen LogP contribution < -0.4 is 0 Å². The standard InChI is InChI=1S/C41H54O6/c1-24(2)11-10-12-25(3)36-40(5)20-18-32-35(34(43)22-26-21-27(42)17-19-39(26,32)4)33(40)23-41(36,30-15-8-6-13-28(30)37(44)45)31-16-9-7-14-29(31)38(46)47/h6-9,13-16,22,24-25,27,32-36,42-43H,10-12,17-21,23H2,1-5H3,(H,44,45)(H,46,47)/t25-,27+,32+,33+,34?,35-,36-,39+,40+/m1/s1. The second kappa shape index (κ2) is 12.5. The van der Waals surface area contributed by atoms with E-state index in [4.69, 9.17) is 0 Å². The number of rotatable bonds is 9. The second-order valence-corrected chi connectivity index (χ2v) is 16.5. The number of carboxylic acids is 2. The van der Waals surface area contributed by atoms with Gasteiger partial charge in [-0.2, -0.15) is 0 Å². The van der Waals surface area contributed by atoms with E-state index < -0.39 is 23.5 Å². The zero-order chi connectivity index (χ0) is 33.9. The highest BCUT2D eigenvalue weighted by molar-refractivity contribution is 5.92. The molecule has 0 radical (unpaired) electrons. The van der Waals surface area contributed by atoms with Crippen molar-refractivity contribution in [2.75, 3.05) is 0 Å². The minimum atomic E-state index is -1.00. The molecule has 254 valence electrons. The molecule has 0 bridgehead atoms. The van der Waals surface area contributed by atoms with Gasteiger partial charge in [-0.1, -0.05) is 102 Å². The number of aliphatic hydroxyl groups excluding tert-OH is 2. The van der Waals surface area contributed by atoms with E-state index in [2.05, 4.69) is 34.6 Å². The average Bonchev–Trinajstić information content (AvgIpc) is 3.31. The summed E-state index contributed by atoms with van der Waals surface area (Å²) in [5.41, 5.74) is 1.77. The lowest BCUT2D eigenvalue weighted by molar-refractivity contribution is -0.0978. The summed E-state index contributed by atoms with van der Waals surface area (Å²) in [4.78, 5) is 26.0. The monoisotopic (exact) mass is 642 g/mol. The van der Waals surface area contributed by atoms with Gasteiger partial charge in [0.15, 0.2) is 0 Å². The van der Waals surface area contributed by atoms with Crippen molar-refractivity contribution in [2.45, 2.75) is 110 Å². The van der Waals surface area contributed by atoms with E-state index in [1.165, 1.54) is 5.57 Å². The third kappa shape index (κ3) is 5.38. The smallest absolute Gasteiger partial charge is 0.335 e. The van der Waals surface area contributed by atoms with E-state index in [9.17, 15) is 30.0 Å². The molecule has 0 spiro atoms. The molecule has 4 aliphatic rings. The zero-order valence-electron chi connectivity index (χ0n) is 28.8. The van der Waals surface area contributed by atoms with Crippen LogP contribution in [-0.2, 0) is 5.41 Å². The quantitative estimate of drug-likeness (QED) is 0.204. The lowest BCUT2D eigenvalue weighted by Crippen LogP contribution is -2.55. The van der Waals surface area contributed by atoms with E-state index in [0.29, 0.717) is 29.9 Å². The molecule has 0 amide bonds. The molecule has 0 heterocycles. The van der Waals surface area contributed by atoms with Gasteiger partial charge in [-0.15, -0.1) is 0 Å². The Kier molecular flexibility index (Phi) is 9.01. The molecule has 6 rings (SSSR count). The maximum absolute atomic E-state index is 13.0. The van der Waals surface area contributed by atoms with Gasteiger partial charge in [0, 0.05) is 5.41 Å². The van der Waals surface area contributed by atoms with E-state index in [1.807, 2.05) is 30.3 Å². The molecule has 1 unspecified atom stereocenters. The van der Waals surface area contributed by atoms with Crippen molar-refractivity contribution >= 4 is 11.9 Å². The van der Waals surface area contributed by atoms with E-state index in [-0.39, 0.29) is 57.7 Å². The Morgan fingerprint density at radius 2 is 1.43 bits per heavy atom. The molecule has 47 heavy (non-hydrogen) atoms. The van der Waals surface area contributed by atoms with E-state index in [0.717, 1.165) is 44.9 Å². The predicted octanol–water partition coefficient (Wildman–Crippen LogP) is 8.35. The molecule has 3 fully saturated rings. The summed E-state index contributed by atoms with van der Waals surface area (Å²) in [6.45, 7) is 11.5. The molecule has 4 N–H and O–H groups in total. The molecule has 2 aromatic rings. The Hall–Kier alpha value is -2.96. The Balaban J connectivity index is 1.61. The minimum Gasteiger partial charge on any atom is -0.478 e. The van der Waals surface area contributed by atoms with Gasteiger partial charge in [0.25, 0.3) is 0 Å². The van der Waals surface area contributed by atoms with Gasteiger partial charge in [0.2, 0.25) is 0 Å². The Bertz CT molecular complexity index is 1480. The number of fused-ring (bicyclic) bond motifs is 5. The fraction of sp³-hybridized carbons (Fsp3) is 0.610. The number of benzene rings is 2. The first-order chi connectivity index (χ1) is 22.3. The first-order valence-corrected chi connectivity index (χ1v) is 18.0. The van der Waals surface area contributed by atoms with Crippen LogP contribution in [0.1, 0.15) is 124 Å². The van der Waals surface area contributed by atoms with Gasteiger partial charge < -0.3 is 20.4 Å². The second-order valence-electron chi connectivity index (χ2n) is 16.5. The molecular weight excluding hydrogens is 588 g/mol. The molecule has 4 aliphatic carbocycles. The average molecular weight is 643 g/mol. The number of aliphatic hydroxyl groups is 2. The first kappa shape index (κ1) is 33.9. The maximum Gasteiger partial charge on any atom is 0.335 e. The van der Waals surface area contributed by atoms with Crippen LogP contribution in [0.3, 0.4) is 0 Å². The van der Waals surface area contributed by atoms with Crippen LogP contribution in [0.5, 0.6) is 0 Å². The summed E-state index contributed by atoms with van der Waals surface area (Å²) in [7, 11) is 0. The van der Waals surface area contributed by atoms with Crippen molar-refractivity contribution in [1.29, 1.82) is 0 Å². The van der Waals surface area contributed by atoms with Crippen LogP contribution in [0.15, 0.2) is 60.2 Å². The maximum atomic E-state index is 13.0. The van der Waals surface area contributed by atoms with Crippen molar-refractivity contribution in [3.8, 4) is 0 Å². The molecule has 0 saturated heterocycles. The topological polar surface area (TPSA) is 115 Å². The summed E-state index contributed by atoms with van der Waals surface area (Å²) >= 11 is 0. The number of carboxylic acid groups (broad SMARTS) is 2. The summed E-state index contributed by atoms with van der Waals surface area (Å²) < 4.78 is 0. The predicted molar refractivity (Wildman–Crippen MR) is 183 cm³/mol. The van der Waals surface area contributed by atoms with Crippen molar-refractivity contribution < 1.29 is 30.0 Å². The van der Waals surface area contributed by atoms with Crippen molar-refractivity contribution in [3.05, 3.63) is 82.4 Å². The van der Waals surface area contributed by atoms with Gasteiger partial charge in [-0.25, -0.2) is 9.59 Å². The fourth-order valence-electron chi connectivity index (χ4n) is 11.8. The Morgan fingerprint density at radius 3 is 2.00 bits per heavy atom. The third-order valence-corrected chi connectivity index (χ3v) is 13.6. The molecule has 6 heteroatoms. The van der Waals surface area contributed by atoms with Crippen LogP contribution in [0, 0.1) is 46.3 Å². The number of hydrogen-bond donors (Lipinski definition) is 4. The van der Waals surface area contributed by atoms with Gasteiger partial charge in [-0.05, 0) is 108 Å². The molecule has 2 aromatic carbocycles. The Morgan fingerprint density at radius 1 is 0.830 bits per heavy atom. The van der Waals surface area contributed by atoms with E-state index >= 15 is 0 Å². The minimum absolute atomic E-state index is 0.0407. The largest absolute Gasteiger partial charge is 0.478 e. The molecular formula is C41H54O6. The Labute approximate surface area is 280 Å². The number of hydrogen-bond acceptors (Lipinski definition) is 4. The van der Waals surface area contributed by atoms with Crippen LogP contribution in [0.25, 0.3) is 0 Å². The summed E-state index contributed by atoms with van der Waals surface area (Å²) in [5.74, 6) is -1.07. The van der Waals surface area contributed by atoms with Crippen LogP contribution in [-0.4, -0.2) is 44.6 Å². The third-order valence-electron chi connectivity index (χ3n) is 13.6. The van der Waals surface area contributed by atoms with Crippen molar-refractivity contribution in [1.82, 2.24) is 0 Å². The molecule has 0 aromatic heterocycles. The highest BCUT2D eigenvalue weighted by Gasteiger charge is 2.69. The molecule has 3 saturated carbocycles. The summed E-state index contributed by atoms with van der Waals surface area (Å²) in [6.07, 6.45) is 8.84. The molecule has 0 aliphatic heterocycles. The SMILES string of the molecule is CC(C)CCC[C@@H](C)[C@H]1C(c2ccccc2C(=O)O)(c2ccccc2C(=O)O)C[C@H]2[C@@H]3C(O)C=C4C[C@@H](O)CC[C@]4(C)[C@H]3CC[C@@]21C. The number of carbonyl (C=O) groups is 2. The zero-order valence-corrected chi connectivity index (χ0v) is 28.8. The molecule has 9 atom stereocenters. The highest BCUT2D eigenvalue weighted by atomic mass is 16.4. The lowest BCUT2D eigenvalue weighted by atomic mass is 9.46. The van der Waals surface area contributed by atoms with Gasteiger partial charge >= 0.3 is 11.9 Å². The van der Waals surface area contributed by atoms with Crippen LogP contribution in [0.4, 0.5) is 0 Å².